The van der Waals surface area contributed by atoms with Crippen molar-refractivity contribution in [3.05, 3.63) is 18.1 Å². The highest BCUT2D eigenvalue weighted by atomic mass is 15.2. The summed E-state index contributed by atoms with van der Waals surface area (Å²) in [6, 6.07) is 0. The van der Waals surface area contributed by atoms with E-state index in [1.54, 1.807) is 6.20 Å². The number of anilines is 1. The minimum Gasteiger partial charge on any atom is -0.355 e. The maximum absolute atomic E-state index is 5.51. The summed E-state index contributed by atoms with van der Waals surface area (Å²) in [5.41, 5.74) is 6.38. The van der Waals surface area contributed by atoms with Crippen molar-refractivity contribution in [2.45, 2.75) is 25.8 Å². The van der Waals surface area contributed by atoms with Crippen molar-refractivity contribution < 1.29 is 0 Å². The second-order valence-electron chi connectivity index (χ2n) is 4.93. The molecule has 2 atom stereocenters. The van der Waals surface area contributed by atoms with Crippen molar-refractivity contribution in [3.63, 3.8) is 0 Å². The van der Waals surface area contributed by atoms with Crippen LogP contribution in [0.3, 0.4) is 0 Å². The molecule has 2 N–H and O–H groups in total. The zero-order valence-electron chi connectivity index (χ0n) is 9.47. The van der Waals surface area contributed by atoms with E-state index in [-0.39, 0.29) is 0 Å². The maximum Gasteiger partial charge on any atom is 0.147 e. The summed E-state index contributed by atoms with van der Waals surface area (Å²) in [6.45, 7) is 2.81. The third kappa shape index (κ3) is 1.67. The average Bonchev–Trinajstić information content (AvgIpc) is 2.89. The van der Waals surface area contributed by atoms with Crippen LogP contribution in [0.5, 0.6) is 0 Å². The second kappa shape index (κ2) is 4.01. The van der Waals surface area contributed by atoms with Crippen molar-refractivity contribution in [2.24, 2.45) is 17.6 Å². The van der Waals surface area contributed by atoms with Crippen molar-refractivity contribution in [1.29, 1.82) is 0 Å². The molecule has 1 aliphatic carbocycles. The van der Waals surface area contributed by atoms with Crippen molar-refractivity contribution >= 4 is 5.82 Å². The van der Waals surface area contributed by atoms with Gasteiger partial charge in [0.2, 0.25) is 0 Å². The van der Waals surface area contributed by atoms with Gasteiger partial charge in [0, 0.05) is 19.6 Å². The lowest BCUT2D eigenvalue weighted by molar-refractivity contribution is 0.494. The molecule has 0 spiro atoms. The minimum absolute atomic E-state index is 0.471. The lowest BCUT2D eigenvalue weighted by Crippen LogP contribution is -2.22. The van der Waals surface area contributed by atoms with E-state index in [1.165, 1.54) is 32.4 Å². The molecule has 0 bridgehead atoms. The van der Waals surface area contributed by atoms with Gasteiger partial charge in [0.05, 0.1) is 18.1 Å². The first-order chi connectivity index (χ1) is 7.86. The van der Waals surface area contributed by atoms with Gasteiger partial charge in [0.1, 0.15) is 5.82 Å². The van der Waals surface area contributed by atoms with Crippen LogP contribution in [0.1, 0.15) is 25.0 Å². The molecule has 2 unspecified atom stereocenters. The molecule has 0 amide bonds. The molecule has 1 aliphatic heterocycles. The number of hydrogen-bond donors (Lipinski definition) is 1. The molecule has 2 fully saturated rings. The van der Waals surface area contributed by atoms with Gasteiger partial charge in [0.15, 0.2) is 0 Å². The molecular formula is C12H18N4. The van der Waals surface area contributed by atoms with Crippen molar-refractivity contribution in [3.8, 4) is 0 Å². The van der Waals surface area contributed by atoms with Crippen LogP contribution in [0, 0.1) is 11.8 Å². The van der Waals surface area contributed by atoms with Crippen LogP contribution in [-0.2, 0) is 6.54 Å². The van der Waals surface area contributed by atoms with Gasteiger partial charge in [-0.15, -0.1) is 0 Å². The van der Waals surface area contributed by atoms with Gasteiger partial charge in [-0.25, -0.2) is 4.98 Å². The van der Waals surface area contributed by atoms with Gasteiger partial charge in [0.25, 0.3) is 0 Å². The molecule has 1 saturated carbocycles. The smallest absolute Gasteiger partial charge is 0.147 e. The van der Waals surface area contributed by atoms with Crippen molar-refractivity contribution in [2.75, 3.05) is 18.0 Å². The van der Waals surface area contributed by atoms with E-state index in [0.29, 0.717) is 6.54 Å². The zero-order valence-corrected chi connectivity index (χ0v) is 9.47. The van der Waals surface area contributed by atoms with E-state index in [4.69, 9.17) is 5.73 Å². The third-order valence-corrected chi connectivity index (χ3v) is 3.95. The molecule has 2 aliphatic rings. The molecule has 16 heavy (non-hydrogen) atoms. The Hall–Kier alpha value is -1.16. The number of rotatable bonds is 2. The van der Waals surface area contributed by atoms with Gasteiger partial charge >= 0.3 is 0 Å². The van der Waals surface area contributed by atoms with Crippen LogP contribution in [-0.4, -0.2) is 23.1 Å². The Kier molecular flexibility index (Phi) is 2.52. The van der Waals surface area contributed by atoms with Crippen LogP contribution in [0.15, 0.2) is 12.4 Å². The highest BCUT2D eigenvalue weighted by Crippen LogP contribution is 2.38. The van der Waals surface area contributed by atoms with Gasteiger partial charge in [-0.2, -0.15) is 0 Å². The van der Waals surface area contributed by atoms with Crippen LogP contribution in [0.4, 0.5) is 5.82 Å². The summed E-state index contributed by atoms with van der Waals surface area (Å²) in [7, 11) is 0. The number of nitrogens with two attached hydrogens (primary N) is 1. The van der Waals surface area contributed by atoms with Gasteiger partial charge < -0.3 is 10.6 Å². The lowest BCUT2D eigenvalue weighted by atomic mass is 10.0. The molecule has 0 radical (unpaired) electrons. The van der Waals surface area contributed by atoms with E-state index < -0.39 is 0 Å². The molecule has 86 valence electrons. The standard InChI is InChI=1S/C12H18N4/c13-4-11-5-15-12(6-14-11)16-7-9-2-1-3-10(9)8-16/h5-6,9-10H,1-4,7-8,13H2. The molecule has 4 nitrogen and oxygen atoms in total. The van der Waals surface area contributed by atoms with E-state index in [0.717, 1.165) is 23.3 Å². The lowest BCUT2D eigenvalue weighted by Gasteiger charge is -2.17. The first-order valence-corrected chi connectivity index (χ1v) is 6.13. The predicted molar refractivity (Wildman–Crippen MR) is 63.0 cm³/mol. The van der Waals surface area contributed by atoms with E-state index >= 15 is 0 Å². The molecule has 1 aromatic heterocycles. The van der Waals surface area contributed by atoms with E-state index in [2.05, 4.69) is 14.9 Å². The van der Waals surface area contributed by atoms with Crippen LogP contribution >= 0.6 is 0 Å². The topological polar surface area (TPSA) is 55.0 Å². The number of aromatic nitrogens is 2. The van der Waals surface area contributed by atoms with E-state index in [9.17, 15) is 0 Å². The fraction of sp³-hybridized carbons (Fsp3) is 0.667. The summed E-state index contributed by atoms with van der Waals surface area (Å²) in [6.07, 6.45) is 7.87. The quantitative estimate of drug-likeness (QED) is 0.809. The molecular weight excluding hydrogens is 200 g/mol. The molecule has 2 heterocycles. The monoisotopic (exact) mass is 218 g/mol. The predicted octanol–water partition coefficient (Wildman–Crippen LogP) is 1.17. The fourth-order valence-corrected chi connectivity index (χ4v) is 3.04. The van der Waals surface area contributed by atoms with E-state index in [1.807, 2.05) is 6.20 Å². The number of nitrogens with zero attached hydrogens (tertiary/aromatic N) is 3. The molecule has 0 aromatic carbocycles. The van der Waals surface area contributed by atoms with Gasteiger partial charge in [-0.1, -0.05) is 6.42 Å². The van der Waals surface area contributed by atoms with Crippen LogP contribution in [0.2, 0.25) is 0 Å². The Balaban J connectivity index is 1.73. The second-order valence-corrected chi connectivity index (χ2v) is 4.93. The summed E-state index contributed by atoms with van der Waals surface area (Å²) in [5, 5.41) is 0. The largest absolute Gasteiger partial charge is 0.355 e. The minimum atomic E-state index is 0.471. The first kappa shape index (κ1) is 10.0. The van der Waals surface area contributed by atoms with Crippen molar-refractivity contribution in [1.82, 2.24) is 9.97 Å². The molecule has 3 rings (SSSR count). The summed E-state index contributed by atoms with van der Waals surface area (Å²) >= 11 is 0. The Morgan fingerprint density at radius 3 is 2.50 bits per heavy atom. The van der Waals surface area contributed by atoms with Gasteiger partial charge in [-0.3, -0.25) is 4.98 Å². The highest BCUT2D eigenvalue weighted by Gasteiger charge is 2.36. The Bertz CT molecular complexity index is 350. The molecule has 4 heteroatoms. The molecule has 1 saturated heterocycles. The Morgan fingerprint density at radius 2 is 1.94 bits per heavy atom. The number of fused-ring (bicyclic) bond motifs is 1. The number of hydrogen-bond acceptors (Lipinski definition) is 4. The average molecular weight is 218 g/mol. The maximum atomic E-state index is 5.51. The Labute approximate surface area is 95.9 Å². The highest BCUT2D eigenvalue weighted by molar-refractivity contribution is 5.38. The van der Waals surface area contributed by atoms with Crippen LogP contribution < -0.4 is 10.6 Å². The van der Waals surface area contributed by atoms with Crippen LogP contribution in [0.25, 0.3) is 0 Å². The van der Waals surface area contributed by atoms with Gasteiger partial charge in [-0.05, 0) is 24.7 Å². The fourth-order valence-electron chi connectivity index (χ4n) is 3.04. The normalized spacial score (nSPS) is 28.4. The summed E-state index contributed by atoms with van der Waals surface area (Å²) in [5.74, 6) is 2.82. The molecule has 1 aromatic rings. The summed E-state index contributed by atoms with van der Waals surface area (Å²) < 4.78 is 0. The third-order valence-electron chi connectivity index (χ3n) is 3.95. The first-order valence-electron chi connectivity index (χ1n) is 6.13. The SMILES string of the molecule is NCc1cnc(N2CC3CCCC3C2)cn1. The summed E-state index contributed by atoms with van der Waals surface area (Å²) in [4.78, 5) is 11.1. The zero-order chi connectivity index (χ0) is 11.0. The Morgan fingerprint density at radius 1 is 1.19 bits per heavy atom.